The third-order valence-corrected chi connectivity index (χ3v) is 1.89. The SMILES string of the molecule is CCCCC(O)[C@H](C)NC. The molecular weight excluding hydrogens is 126 g/mol. The number of aliphatic hydroxyl groups is 1. The topological polar surface area (TPSA) is 32.3 Å². The smallest absolute Gasteiger partial charge is 0.0690 e. The number of likely N-dealkylation sites (N-methyl/N-ethyl adjacent to an activating group) is 1. The number of unbranched alkanes of at least 4 members (excludes halogenated alkanes) is 1. The molecule has 1 unspecified atom stereocenters. The first-order valence-corrected chi connectivity index (χ1v) is 4.07. The Labute approximate surface area is 63.6 Å². The summed E-state index contributed by atoms with van der Waals surface area (Å²) in [6.07, 6.45) is 3.02. The van der Waals surface area contributed by atoms with Crippen molar-refractivity contribution in [1.82, 2.24) is 5.32 Å². The molecule has 0 fully saturated rings. The van der Waals surface area contributed by atoms with Crippen molar-refractivity contribution in [2.75, 3.05) is 7.05 Å². The molecular formula is C8H19NO. The van der Waals surface area contributed by atoms with Crippen molar-refractivity contribution in [3.63, 3.8) is 0 Å². The van der Waals surface area contributed by atoms with Crippen LogP contribution in [0.5, 0.6) is 0 Å². The lowest BCUT2D eigenvalue weighted by atomic mass is 10.1. The molecule has 0 aromatic rings. The second kappa shape index (κ2) is 5.69. The Bertz CT molecular complexity index is 75.7. The van der Waals surface area contributed by atoms with Gasteiger partial charge >= 0.3 is 0 Å². The number of aliphatic hydroxyl groups excluding tert-OH is 1. The second-order valence-corrected chi connectivity index (χ2v) is 2.79. The highest BCUT2D eigenvalue weighted by atomic mass is 16.3. The third-order valence-electron chi connectivity index (χ3n) is 1.89. The van der Waals surface area contributed by atoms with Crippen molar-refractivity contribution in [3.8, 4) is 0 Å². The van der Waals surface area contributed by atoms with E-state index in [-0.39, 0.29) is 12.1 Å². The standard InChI is InChI=1S/C8H19NO/c1-4-5-6-8(10)7(2)9-3/h7-10H,4-6H2,1-3H3/t7-,8?/m0/s1. The minimum absolute atomic E-state index is 0.176. The van der Waals surface area contributed by atoms with Gasteiger partial charge in [0.05, 0.1) is 6.10 Å². The van der Waals surface area contributed by atoms with Gasteiger partial charge in [-0.15, -0.1) is 0 Å². The Kier molecular flexibility index (Phi) is 5.64. The second-order valence-electron chi connectivity index (χ2n) is 2.79. The largest absolute Gasteiger partial charge is 0.392 e. The van der Waals surface area contributed by atoms with Gasteiger partial charge in [0.1, 0.15) is 0 Å². The Balaban J connectivity index is 3.31. The quantitative estimate of drug-likeness (QED) is 0.608. The molecule has 0 spiro atoms. The van der Waals surface area contributed by atoms with Crippen molar-refractivity contribution in [1.29, 1.82) is 0 Å². The van der Waals surface area contributed by atoms with Crippen LogP contribution in [0.4, 0.5) is 0 Å². The molecule has 0 saturated heterocycles. The molecule has 0 heterocycles. The summed E-state index contributed by atoms with van der Waals surface area (Å²) in [6, 6.07) is 0.228. The predicted molar refractivity (Wildman–Crippen MR) is 44.1 cm³/mol. The van der Waals surface area contributed by atoms with Crippen LogP contribution in [0, 0.1) is 0 Å². The van der Waals surface area contributed by atoms with Crippen LogP contribution in [0.3, 0.4) is 0 Å². The monoisotopic (exact) mass is 145 g/mol. The summed E-state index contributed by atoms with van der Waals surface area (Å²) >= 11 is 0. The van der Waals surface area contributed by atoms with Crippen LogP contribution in [0.25, 0.3) is 0 Å². The van der Waals surface area contributed by atoms with Crippen LogP contribution in [-0.4, -0.2) is 24.3 Å². The summed E-state index contributed by atoms with van der Waals surface area (Å²) < 4.78 is 0. The van der Waals surface area contributed by atoms with E-state index in [1.165, 1.54) is 0 Å². The van der Waals surface area contributed by atoms with Gasteiger partial charge in [-0.3, -0.25) is 0 Å². The van der Waals surface area contributed by atoms with E-state index in [0.717, 1.165) is 19.3 Å². The van der Waals surface area contributed by atoms with E-state index < -0.39 is 0 Å². The number of hydrogen-bond donors (Lipinski definition) is 2. The summed E-state index contributed by atoms with van der Waals surface area (Å²) in [4.78, 5) is 0. The van der Waals surface area contributed by atoms with E-state index in [4.69, 9.17) is 0 Å². The summed E-state index contributed by atoms with van der Waals surface area (Å²) in [5.41, 5.74) is 0. The maximum Gasteiger partial charge on any atom is 0.0690 e. The molecule has 2 atom stereocenters. The van der Waals surface area contributed by atoms with Crippen LogP contribution in [0.2, 0.25) is 0 Å². The Morgan fingerprint density at radius 3 is 2.50 bits per heavy atom. The van der Waals surface area contributed by atoms with Gasteiger partial charge in [-0.2, -0.15) is 0 Å². The van der Waals surface area contributed by atoms with Crippen LogP contribution in [0.15, 0.2) is 0 Å². The van der Waals surface area contributed by atoms with Crippen LogP contribution in [0.1, 0.15) is 33.1 Å². The Morgan fingerprint density at radius 2 is 2.10 bits per heavy atom. The van der Waals surface area contributed by atoms with E-state index in [2.05, 4.69) is 12.2 Å². The molecule has 0 saturated carbocycles. The first kappa shape index (κ1) is 9.92. The lowest BCUT2D eigenvalue weighted by molar-refractivity contribution is 0.126. The molecule has 0 rings (SSSR count). The molecule has 2 nitrogen and oxygen atoms in total. The maximum absolute atomic E-state index is 9.39. The lowest BCUT2D eigenvalue weighted by Gasteiger charge is -2.17. The van der Waals surface area contributed by atoms with Crippen molar-refractivity contribution in [2.45, 2.75) is 45.3 Å². The average Bonchev–Trinajstić information content (AvgIpc) is 1.98. The minimum atomic E-state index is -0.176. The van der Waals surface area contributed by atoms with Gasteiger partial charge in [0.15, 0.2) is 0 Å². The molecule has 0 radical (unpaired) electrons. The van der Waals surface area contributed by atoms with Gasteiger partial charge in [-0.05, 0) is 20.4 Å². The van der Waals surface area contributed by atoms with Gasteiger partial charge in [-0.25, -0.2) is 0 Å². The average molecular weight is 145 g/mol. The Morgan fingerprint density at radius 1 is 1.50 bits per heavy atom. The Hall–Kier alpha value is -0.0800. The van der Waals surface area contributed by atoms with Gasteiger partial charge in [0, 0.05) is 6.04 Å². The molecule has 62 valence electrons. The van der Waals surface area contributed by atoms with Gasteiger partial charge in [0.25, 0.3) is 0 Å². The van der Waals surface area contributed by atoms with Crippen LogP contribution >= 0.6 is 0 Å². The highest BCUT2D eigenvalue weighted by molar-refractivity contribution is 4.67. The van der Waals surface area contributed by atoms with E-state index in [1.807, 2.05) is 14.0 Å². The van der Waals surface area contributed by atoms with Crippen molar-refractivity contribution in [2.24, 2.45) is 0 Å². The maximum atomic E-state index is 9.39. The van der Waals surface area contributed by atoms with Gasteiger partial charge < -0.3 is 10.4 Å². The van der Waals surface area contributed by atoms with Gasteiger partial charge in [0.2, 0.25) is 0 Å². The predicted octanol–water partition coefficient (Wildman–Crippen LogP) is 1.15. The van der Waals surface area contributed by atoms with E-state index in [9.17, 15) is 5.11 Å². The molecule has 10 heavy (non-hydrogen) atoms. The minimum Gasteiger partial charge on any atom is -0.392 e. The van der Waals surface area contributed by atoms with E-state index >= 15 is 0 Å². The van der Waals surface area contributed by atoms with E-state index in [0.29, 0.717) is 0 Å². The number of rotatable bonds is 5. The van der Waals surface area contributed by atoms with E-state index in [1.54, 1.807) is 0 Å². The molecule has 0 aromatic carbocycles. The molecule has 0 aromatic heterocycles. The van der Waals surface area contributed by atoms with Crippen LogP contribution < -0.4 is 5.32 Å². The summed E-state index contributed by atoms with van der Waals surface area (Å²) in [5.74, 6) is 0. The summed E-state index contributed by atoms with van der Waals surface area (Å²) in [6.45, 7) is 4.14. The summed E-state index contributed by atoms with van der Waals surface area (Å²) in [7, 11) is 1.87. The number of hydrogen-bond acceptors (Lipinski definition) is 2. The normalized spacial score (nSPS) is 16.8. The molecule has 0 aliphatic carbocycles. The summed E-state index contributed by atoms with van der Waals surface area (Å²) in [5, 5.41) is 12.4. The van der Waals surface area contributed by atoms with Gasteiger partial charge in [-0.1, -0.05) is 19.8 Å². The molecule has 2 N–H and O–H groups in total. The highest BCUT2D eigenvalue weighted by Crippen LogP contribution is 2.03. The molecule has 0 bridgehead atoms. The highest BCUT2D eigenvalue weighted by Gasteiger charge is 2.09. The fraction of sp³-hybridized carbons (Fsp3) is 1.00. The fourth-order valence-electron chi connectivity index (χ4n) is 0.856. The molecule has 0 aliphatic rings. The number of nitrogens with one attached hydrogen (secondary N) is 1. The fourth-order valence-corrected chi connectivity index (χ4v) is 0.856. The van der Waals surface area contributed by atoms with Crippen LogP contribution in [-0.2, 0) is 0 Å². The zero-order valence-electron chi connectivity index (χ0n) is 7.22. The molecule has 0 aliphatic heterocycles. The first-order chi connectivity index (χ1) is 4.72. The zero-order valence-corrected chi connectivity index (χ0v) is 7.22. The first-order valence-electron chi connectivity index (χ1n) is 4.07. The molecule has 2 heteroatoms. The third kappa shape index (κ3) is 3.85. The van der Waals surface area contributed by atoms with Crippen molar-refractivity contribution in [3.05, 3.63) is 0 Å². The van der Waals surface area contributed by atoms with Crippen molar-refractivity contribution < 1.29 is 5.11 Å². The van der Waals surface area contributed by atoms with Crippen molar-refractivity contribution >= 4 is 0 Å². The zero-order chi connectivity index (χ0) is 7.98. The molecule has 0 amide bonds. The lowest BCUT2D eigenvalue weighted by Crippen LogP contribution is -2.34.